The van der Waals surface area contributed by atoms with Crippen LogP contribution >= 0.6 is 0 Å². The van der Waals surface area contributed by atoms with Crippen molar-refractivity contribution in [3.63, 3.8) is 0 Å². The van der Waals surface area contributed by atoms with Gasteiger partial charge in [0.1, 0.15) is 11.4 Å². The number of aromatic amines is 1. The van der Waals surface area contributed by atoms with Crippen LogP contribution in [-0.2, 0) is 17.8 Å². The zero-order valence-electron chi connectivity index (χ0n) is 29.0. The standard InChI is InChI=1S/C26H42N6O3.C5H8.2C2H6/c1-4-5-6-7-12-28-21-17-22(26(27-2)23(18-21)35-3)29-24(33)11-10-20-19-25(34)32(30-20)16-15-31-13-8-9-14-31;1-3-5-4-2;2*1-2/h17-19,27-28,30H,4-16H2,1-3H3,(H,29,33);3-5H,1H2,2H3;2*1-2H3/b;5-4-;;. The molecule has 1 aliphatic heterocycles. The fraction of sp³-hybridized carbons (Fsp3) is 0.600. The summed E-state index contributed by atoms with van der Waals surface area (Å²) in [6, 6.07) is 5.47. The molecule has 1 aromatic carbocycles. The van der Waals surface area contributed by atoms with Gasteiger partial charge in [0, 0.05) is 50.1 Å². The Bertz CT molecular complexity index is 1120. The number of hydrogen-bond donors (Lipinski definition) is 4. The summed E-state index contributed by atoms with van der Waals surface area (Å²) in [4.78, 5) is 27.5. The number of nitrogens with zero attached hydrogens (tertiary/aromatic N) is 2. The Morgan fingerprint density at radius 3 is 2.34 bits per heavy atom. The summed E-state index contributed by atoms with van der Waals surface area (Å²) in [5.74, 6) is 0.551. The third-order valence-corrected chi connectivity index (χ3v) is 6.84. The van der Waals surface area contributed by atoms with Gasteiger partial charge in [-0.1, -0.05) is 78.7 Å². The molecule has 0 spiro atoms. The van der Waals surface area contributed by atoms with Gasteiger partial charge < -0.3 is 25.6 Å². The van der Waals surface area contributed by atoms with E-state index in [0.717, 1.165) is 49.7 Å². The second kappa shape index (κ2) is 26.0. The summed E-state index contributed by atoms with van der Waals surface area (Å²) in [7, 11) is 3.43. The molecule has 1 aromatic heterocycles. The third-order valence-electron chi connectivity index (χ3n) is 6.84. The molecule has 4 N–H and O–H groups in total. The van der Waals surface area contributed by atoms with E-state index in [-0.39, 0.29) is 17.9 Å². The maximum absolute atomic E-state index is 12.8. The lowest BCUT2D eigenvalue weighted by Crippen LogP contribution is -2.28. The van der Waals surface area contributed by atoms with E-state index in [2.05, 4.69) is 39.5 Å². The molecular weight excluding hydrogens is 552 g/mol. The lowest BCUT2D eigenvalue weighted by Gasteiger charge is -2.17. The van der Waals surface area contributed by atoms with Crippen molar-refractivity contribution in [2.24, 2.45) is 0 Å². The Labute approximate surface area is 267 Å². The van der Waals surface area contributed by atoms with Crippen molar-refractivity contribution < 1.29 is 9.53 Å². The molecule has 0 radical (unpaired) electrons. The lowest BCUT2D eigenvalue weighted by molar-refractivity contribution is -0.116. The molecule has 2 aromatic rings. The first-order chi connectivity index (χ1) is 21.4. The number of benzene rings is 1. The van der Waals surface area contributed by atoms with Crippen molar-refractivity contribution in [1.29, 1.82) is 0 Å². The number of unbranched alkanes of at least 4 members (excludes halogenated alkanes) is 3. The largest absolute Gasteiger partial charge is 0.494 e. The number of carbonyl (C=O) groups excluding carboxylic acids is 1. The highest BCUT2D eigenvalue weighted by Crippen LogP contribution is 2.36. The lowest BCUT2D eigenvalue weighted by atomic mass is 10.1. The minimum Gasteiger partial charge on any atom is -0.494 e. The number of aromatic nitrogens is 2. The molecule has 0 atom stereocenters. The van der Waals surface area contributed by atoms with Crippen LogP contribution in [0.15, 0.2) is 47.8 Å². The van der Waals surface area contributed by atoms with Gasteiger partial charge in [-0.15, -0.1) is 0 Å². The number of allylic oxidation sites excluding steroid dienone is 3. The van der Waals surface area contributed by atoms with Gasteiger partial charge >= 0.3 is 0 Å². The molecular formula is C35H62N6O3. The van der Waals surface area contributed by atoms with Crippen LogP contribution in [-0.4, -0.2) is 60.9 Å². The average molecular weight is 615 g/mol. The Morgan fingerprint density at radius 1 is 1.07 bits per heavy atom. The summed E-state index contributed by atoms with van der Waals surface area (Å²) in [6.07, 6.45) is 13.5. The van der Waals surface area contributed by atoms with E-state index in [4.69, 9.17) is 4.74 Å². The second-order valence-corrected chi connectivity index (χ2v) is 9.97. The Kier molecular flexibility index (Phi) is 23.9. The molecule has 9 nitrogen and oxygen atoms in total. The monoisotopic (exact) mass is 614 g/mol. The van der Waals surface area contributed by atoms with Crippen LogP contribution < -0.4 is 26.2 Å². The van der Waals surface area contributed by atoms with Crippen LogP contribution in [0, 0.1) is 0 Å². The molecule has 1 aliphatic rings. The number of amides is 1. The topological polar surface area (TPSA) is 103 Å². The predicted octanol–water partition coefficient (Wildman–Crippen LogP) is 7.69. The zero-order chi connectivity index (χ0) is 33.2. The average Bonchev–Trinajstić information content (AvgIpc) is 3.70. The molecule has 9 heteroatoms. The Morgan fingerprint density at radius 2 is 1.77 bits per heavy atom. The highest BCUT2D eigenvalue weighted by atomic mass is 16.5. The van der Waals surface area contributed by atoms with Crippen LogP contribution in [0.25, 0.3) is 0 Å². The molecule has 1 saturated heterocycles. The van der Waals surface area contributed by atoms with E-state index in [9.17, 15) is 9.59 Å². The molecule has 0 bridgehead atoms. The van der Waals surface area contributed by atoms with Crippen LogP contribution in [0.3, 0.4) is 0 Å². The van der Waals surface area contributed by atoms with E-state index in [0.29, 0.717) is 24.4 Å². The van der Waals surface area contributed by atoms with E-state index < -0.39 is 0 Å². The number of carbonyl (C=O) groups is 1. The van der Waals surface area contributed by atoms with Crippen molar-refractivity contribution in [1.82, 2.24) is 14.7 Å². The maximum atomic E-state index is 12.8. The van der Waals surface area contributed by atoms with E-state index in [1.54, 1.807) is 31.0 Å². The first kappa shape index (κ1) is 40.5. The Hall–Kier alpha value is -3.46. The number of aryl methyl sites for hydroxylation is 1. The minimum atomic E-state index is -0.116. The van der Waals surface area contributed by atoms with Gasteiger partial charge in [-0.05, 0) is 51.8 Å². The van der Waals surface area contributed by atoms with E-state index in [1.807, 2.05) is 58.9 Å². The first-order valence-corrected chi connectivity index (χ1v) is 16.6. The van der Waals surface area contributed by atoms with Crippen molar-refractivity contribution in [2.75, 3.05) is 56.3 Å². The number of anilines is 3. The van der Waals surface area contributed by atoms with Gasteiger partial charge in [0.15, 0.2) is 0 Å². The SMILES string of the molecule is C=C/C=C\C.CC.CC.CCCCCCNc1cc(NC(=O)CCc2cc(=O)n(CCN3CCCC3)[nH]2)c(NC)c(OC)c1. The van der Waals surface area contributed by atoms with Gasteiger partial charge in [0.2, 0.25) is 5.91 Å². The molecule has 3 rings (SSSR count). The van der Waals surface area contributed by atoms with Crippen LogP contribution in [0.1, 0.15) is 92.2 Å². The fourth-order valence-electron chi connectivity index (χ4n) is 4.65. The summed E-state index contributed by atoms with van der Waals surface area (Å²) >= 11 is 0. The van der Waals surface area contributed by atoms with Gasteiger partial charge in [-0.25, -0.2) is 0 Å². The van der Waals surface area contributed by atoms with Gasteiger partial charge in [0.05, 0.1) is 19.3 Å². The quantitative estimate of drug-likeness (QED) is 0.114. The van der Waals surface area contributed by atoms with E-state index in [1.165, 1.54) is 32.1 Å². The number of ether oxygens (including phenoxy) is 1. The number of rotatable bonds is 16. The number of hydrogen-bond acceptors (Lipinski definition) is 6. The first-order valence-electron chi connectivity index (χ1n) is 16.6. The predicted molar refractivity (Wildman–Crippen MR) is 191 cm³/mol. The molecule has 1 amide bonds. The molecule has 0 saturated carbocycles. The molecule has 0 aliphatic carbocycles. The molecule has 250 valence electrons. The summed E-state index contributed by atoms with van der Waals surface area (Å²) < 4.78 is 7.19. The Balaban J connectivity index is 0.00000183. The van der Waals surface area contributed by atoms with Crippen LogP contribution in [0.5, 0.6) is 5.75 Å². The van der Waals surface area contributed by atoms with Crippen molar-refractivity contribution in [2.45, 2.75) is 99.5 Å². The number of nitrogens with one attached hydrogen (secondary N) is 4. The molecule has 2 heterocycles. The van der Waals surface area contributed by atoms with Gasteiger partial charge in [-0.3, -0.25) is 19.4 Å². The highest BCUT2D eigenvalue weighted by Gasteiger charge is 2.15. The maximum Gasteiger partial charge on any atom is 0.266 e. The minimum absolute atomic E-state index is 0.0421. The van der Waals surface area contributed by atoms with Gasteiger partial charge in [-0.2, -0.15) is 0 Å². The van der Waals surface area contributed by atoms with Crippen LogP contribution in [0.2, 0.25) is 0 Å². The number of H-pyrrole nitrogens is 1. The summed E-state index contributed by atoms with van der Waals surface area (Å²) in [5.41, 5.74) is 3.05. The molecule has 44 heavy (non-hydrogen) atoms. The van der Waals surface area contributed by atoms with Crippen molar-refractivity contribution in [3.8, 4) is 5.75 Å². The van der Waals surface area contributed by atoms with Gasteiger partial charge in [0.25, 0.3) is 5.56 Å². The summed E-state index contributed by atoms with van der Waals surface area (Å²) in [5, 5.41) is 12.7. The molecule has 0 unspecified atom stereocenters. The highest BCUT2D eigenvalue weighted by molar-refractivity contribution is 5.96. The summed E-state index contributed by atoms with van der Waals surface area (Å²) in [6.45, 7) is 20.2. The third kappa shape index (κ3) is 15.8. The molecule has 1 fully saturated rings. The van der Waals surface area contributed by atoms with Crippen molar-refractivity contribution in [3.05, 3.63) is 59.1 Å². The second-order valence-electron chi connectivity index (χ2n) is 9.97. The van der Waals surface area contributed by atoms with Crippen LogP contribution in [0.4, 0.5) is 17.1 Å². The fourth-order valence-corrected chi connectivity index (χ4v) is 4.65. The normalized spacial score (nSPS) is 12.2. The zero-order valence-corrected chi connectivity index (χ0v) is 29.0. The van der Waals surface area contributed by atoms with E-state index >= 15 is 0 Å². The number of likely N-dealkylation sites (tertiary alicyclic amines) is 1. The number of methoxy groups -OCH3 is 1. The smallest absolute Gasteiger partial charge is 0.266 e. The van der Waals surface area contributed by atoms with Crippen molar-refractivity contribution >= 4 is 23.0 Å².